The normalized spacial score (nSPS) is 18.7. The van der Waals surface area contributed by atoms with Crippen molar-refractivity contribution in [1.29, 1.82) is 0 Å². The number of hydrogen-bond donors (Lipinski definition) is 0. The number of hydrogen-bond acceptors (Lipinski definition) is 7. The van der Waals surface area contributed by atoms with Crippen molar-refractivity contribution in [2.24, 2.45) is 0 Å². The van der Waals surface area contributed by atoms with E-state index in [1.54, 1.807) is 4.90 Å². The molecule has 1 atom stereocenters. The molecule has 1 saturated heterocycles. The van der Waals surface area contributed by atoms with Crippen LogP contribution in [0.4, 0.5) is 5.95 Å². The minimum Gasteiger partial charge on any atom is -0.467 e. The Morgan fingerprint density at radius 1 is 1.33 bits per heavy atom. The molecular formula is C13H19ClN4O3. The van der Waals surface area contributed by atoms with Crippen LogP contribution in [0.15, 0.2) is 0 Å². The number of methoxy groups -OCH3 is 1. The van der Waals surface area contributed by atoms with Crippen LogP contribution in [0.5, 0.6) is 6.01 Å². The van der Waals surface area contributed by atoms with Crippen LogP contribution >= 0.6 is 11.6 Å². The lowest BCUT2D eigenvalue weighted by atomic mass is 10.1. The van der Waals surface area contributed by atoms with E-state index < -0.39 is 11.6 Å². The molecule has 0 N–H and O–H groups in total. The van der Waals surface area contributed by atoms with Gasteiger partial charge in [0.2, 0.25) is 11.2 Å². The van der Waals surface area contributed by atoms with Crippen molar-refractivity contribution in [1.82, 2.24) is 15.0 Å². The summed E-state index contributed by atoms with van der Waals surface area (Å²) in [6, 6.07) is -0.285. The first-order valence-corrected chi connectivity index (χ1v) is 7.13. The maximum Gasteiger partial charge on any atom is 0.329 e. The fourth-order valence-corrected chi connectivity index (χ4v) is 2.31. The van der Waals surface area contributed by atoms with Gasteiger partial charge in [-0.1, -0.05) is 0 Å². The molecule has 0 saturated carbocycles. The second-order valence-corrected chi connectivity index (χ2v) is 6.11. The average Bonchev–Trinajstić information content (AvgIpc) is 2.85. The largest absolute Gasteiger partial charge is 0.467 e. The Balaban J connectivity index is 2.22. The number of anilines is 1. The van der Waals surface area contributed by atoms with Crippen molar-refractivity contribution >= 4 is 23.5 Å². The van der Waals surface area contributed by atoms with E-state index in [1.807, 2.05) is 20.8 Å². The van der Waals surface area contributed by atoms with Gasteiger partial charge in [0.25, 0.3) is 0 Å². The molecule has 0 radical (unpaired) electrons. The van der Waals surface area contributed by atoms with Crippen LogP contribution in [-0.2, 0) is 9.53 Å². The first kappa shape index (κ1) is 15.8. The summed E-state index contributed by atoms with van der Waals surface area (Å²) in [6.07, 6.45) is 1.55. The Morgan fingerprint density at radius 3 is 2.67 bits per heavy atom. The molecule has 0 amide bonds. The van der Waals surface area contributed by atoms with Crippen molar-refractivity contribution in [3.8, 4) is 6.01 Å². The van der Waals surface area contributed by atoms with Crippen molar-refractivity contribution in [2.75, 3.05) is 18.6 Å². The first-order valence-electron chi connectivity index (χ1n) is 6.75. The topological polar surface area (TPSA) is 77.4 Å². The Hall–Kier alpha value is -1.63. The highest BCUT2D eigenvalue weighted by Gasteiger charge is 2.36. The van der Waals surface area contributed by atoms with Crippen LogP contribution in [0.3, 0.4) is 0 Å². The lowest BCUT2D eigenvalue weighted by Crippen LogP contribution is -2.41. The van der Waals surface area contributed by atoms with Crippen LogP contribution in [0.25, 0.3) is 0 Å². The van der Waals surface area contributed by atoms with E-state index >= 15 is 0 Å². The first-order chi connectivity index (χ1) is 9.80. The van der Waals surface area contributed by atoms with E-state index in [-0.39, 0.29) is 17.3 Å². The molecule has 0 spiro atoms. The van der Waals surface area contributed by atoms with Gasteiger partial charge in [0.05, 0.1) is 7.11 Å². The van der Waals surface area contributed by atoms with Crippen LogP contribution < -0.4 is 9.64 Å². The molecule has 0 bridgehead atoms. The molecular weight excluding hydrogens is 296 g/mol. The second kappa shape index (κ2) is 6.01. The highest BCUT2D eigenvalue weighted by Crippen LogP contribution is 2.26. The van der Waals surface area contributed by atoms with Gasteiger partial charge in [0.15, 0.2) is 0 Å². The maximum absolute atomic E-state index is 12.3. The number of esters is 1. The van der Waals surface area contributed by atoms with Crippen LogP contribution in [-0.4, -0.2) is 46.2 Å². The molecule has 21 heavy (non-hydrogen) atoms. The van der Waals surface area contributed by atoms with Crippen LogP contribution in [0.2, 0.25) is 5.28 Å². The maximum atomic E-state index is 12.3. The molecule has 1 aromatic rings. The Labute approximate surface area is 128 Å². The molecule has 116 valence electrons. The van der Waals surface area contributed by atoms with Gasteiger partial charge in [-0.2, -0.15) is 15.0 Å². The van der Waals surface area contributed by atoms with Gasteiger partial charge in [-0.05, 0) is 45.2 Å². The fourth-order valence-electron chi connectivity index (χ4n) is 2.16. The van der Waals surface area contributed by atoms with Gasteiger partial charge < -0.3 is 14.4 Å². The van der Waals surface area contributed by atoms with Gasteiger partial charge in [0.1, 0.15) is 11.6 Å². The van der Waals surface area contributed by atoms with E-state index in [9.17, 15) is 4.79 Å². The standard InChI is InChI=1S/C13H19ClN4O3/c1-13(2,3)21-9(19)8-6-5-7-18(8)11-15-10(14)16-12(17-11)20-4/h8H,5-7H2,1-4H3/t8-/m0/s1. The summed E-state index contributed by atoms with van der Waals surface area (Å²) in [5.74, 6) is 0.0516. The Bertz CT molecular complexity index is 533. The predicted molar refractivity (Wildman–Crippen MR) is 77.6 cm³/mol. The number of ether oxygens (including phenoxy) is 2. The minimum atomic E-state index is -0.528. The minimum absolute atomic E-state index is 0.0340. The van der Waals surface area contributed by atoms with Crippen LogP contribution in [0.1, 0.15) is 33.6 Å². The monoisotopic (exact) mass is 314 g/mol. The second-order valence-electron chi connectivity index (χ2n) is 5.78. The van der Waals surface area contributed by atoms with Gasteiger partial charge >= 0.3 is 12.0 Å². The molecule has 2 heterocycles. The summed E-state index contributed by atoms with van der Waals surface area (Å²) >= 11 is 5.86. The zero-order valence-electron chi connectivity index (χ0n) is 12.6. The number of halogens is 1. The number of nitrogens with zero attached hydrogens (tertiary/aromatic N) is 4. The van der Waals surface area contributed by atoms with Crippen molar-refractivity contribution in [2.45, 2.75) is 45.3 Å². The number of carbonyl (C=O) groups excluding carboxylic acids is 1. The predicted octanol–water partition coefficient (Wildman–Crippen LogP) is 1.84. The van der Waals surface area contributed by atoms with Gasteiger partial charge in [-0.25, -0.2) is 4.79 Å². The molecule has 7 nitrogen and oxygen atoms in total. The van der Waals surface area contributed by atoms with Crippen LogP contribution in [0, 0.1) is 0 Å². The fraction of sp³-hybridized carbons (Fsp3) is 0.692. The highest BCUT2D eigenvalue weighted by molar-refractivity contribution is 6.28. The molecule has 0 aliphatic carbocycles. The van der Waals surface area contributed by atoms with E-state index in [0.29, 0.717) is 18.9 Å². The summed E-state index contributed by atoms with van der Waals surface area (Å²) in [6.45, 7) is 6.18. The summed E-state index contributed by atoms with van der Waals surface area (Å²) in [4.78, 5) is 26.1. The summed E-state index contributed by atoms with van der Waals surface area (Å²) in [5.41, 5.74) is -0.528. The van der Waals surface area contributed by atoms with E-state index in [2.05, 4.69) is 15.0 Å². The molecule has 1 aliphatic rings. The summed E-state index contributed by atoms with van der Waals surface area (Å²) in [7, 11) is 1.45. The Kier molecular flexibility index (Phi) is 4.51. The van der Waals surface area contributed by atoms with Crippen molar-refractivity contribution in [3.05, 3.63) is 5.28 Å². The summed E-state index contributed by atoms with van der Waals surface area (Å²) < 4.78 is 10.4. The lowest BCUT2D eigenvalue weighted by Gasteiger charge is -2.27. The highest BCUT2D eigenvalue weighted by atomic mass is 35.5. The third-order valence-corrected chi connectivity index (χ3v) is 3.12. The summed E-state index contributed by atoms with van der Waals surface area (Å²) in [5, 5.41) is 0.0340. The van der Waals surface area contributed by atoms with E-state index in [0.717, 1.165) is 6.42 Å². The third-order valence-electron chi connectivity index (χ3n) is 2.95. The Morgan fingerprint density at radius 2 is 2.05 bits per heavy atom. The van der Waals surface area contributed by atoms with Crippen molar-refractivity contribution < 1.29 is 14.3 Å². The zero-order chi connectivity index (χ0) is 15.6. The van der Waals surface area contributed by atoms with Gasteiger partial charge in [-0.15, -0.1) is 0 Å². The SMILES string of the molecule is COc1nc(Cl)nc(N2CCC[C@H]2C(=O)OC(C)(C)C)n1. The molecule has 1 fully saturated rings. The number of rotatable bonds is 3. The van der Waals surface area contributed by atoms with Gasteiger partial charge in [0, 0.05) is 6.54 Å². The number of carbonyl (C=O) groups is 1. The molecule has 0 unspecified atom stereocenters. The van der Waals surface area contributed by atoms with Crippen molar-refractivity contribution in [3.63, 3.8) is 0 Å². The molecule has 0 aromatic carbocycles. The lowest BCUT2D eigenvalue weighted by molar-refractivity contribution is -0.156. The van der Waals surface area contributed by atoms with E-state index in [1.165, 1.54) is 7.11 Å². The molecule has 2 rings (SSSR count). The van der Waals surface area contributed by atoms with Gasteiger partial charge in [-0.3, -0.25) is 0 Å². The third kappa shape index (κ3) is 3.93. The quantitative estimate of drug-likeness (QED) is 0.788. The number of aromatic nitrogens is 3. The van der Waals surface area contributed by atoms with E-state index in [4.69, 9.17) is 21.1 Å². The molecule has 1 aromatic heterocycles. The molecule has 8 heteroatoms. The molecule has 1 aliphatic heterocycles. The average molecular weight is 315 g/mol. The zero-order valence-corrected chi connectivity index (χ0v) is 13.3. The smallest absolute Gasteiger partial charge is 0.329 e.